The molecule has 0 saturated heterocycles. The van der Waals surface area contributed by atoms with Crippen molar-refractivity contribution < 1.29 is 19.0 Å². The highest BCUT2D eigenvalue weighted by Gasteiger charge is 2.17. The molecule has 0 unspecified atom stereocenters. The van der Waals surface area contributed by atoms with E-state index in [0.29, 0.717) is 9.37 Å². The average molecular weight is 357 g/mol. The molecule has 0 radical (unpaired) electrons. The molecule has 0 bridgehead atoms. The van der Waals surface area contributed by atoms with Crippen LogP contribution in [0.2, 0.25) is 0 Å². The summed E-state index contributed by atoms with van der Waals surface area (Å²) in [5.74, 6) is -1.13. The Labute approximate surface area is 127 Å². The van der Waals surface area contributed by atoms with Crippen molar-refractivity contribution in [1.29, 1.82) is 0 Å². The molecule has 0 aliphatic carbocycles. The first kappa shape index (κ1) is 14.9. The normalized spacial score (nSPS) is 10.3. The summed E-state index contributed by atoms with van der Waals surface area (Å²) in [5.41, 5.74) is 0.0698. The SMILES string of the molecule is CSc1cccc(Oc2cc(F)cc(Br)c2)c1C(=O)O. The molecule has 104 valence electrons. The Hall–Kier alpha value is -1.53. The molecule has 20 heavy (non-hydrogen) atoms. The summed E-state index contributed by atoms with van der Waals surface area (Å²) >= 11 is 4.47. The average Bonchev–Trinajstić information content (AvgIpc) is 2.36. The lowest BCUT2D eigenvalue weighted by Crippen LogP contribution is -2.02. The van der Waals surface area contributed by atoms with Crippen molar-refractivity contribution >= 4 is 33.7 Å². The molecule has 0 heterocycles. The van der Waals surface area contributed by atoms with Gasteiger partial charge in [-0.05, 0) is 30.5 Å². The summed E-state index contributed by atoms with van der Waals surface area (Å²) < 4.78 is 19.3. The zero-order valence-electron chi connectivity index (χ0n) is 10.4. The number of benzene rings is 2. The van der Waals surface area contributed by atoms with Crippen LogP contribution in [0, 0.1) is 5.82 Å². The second-order valence-electron chi connectivity index (χ2n) is 3.85. The Bertz CT molecular complexity index is 641. The molecule has 0 saturated carbocycles. The van der Waals surface area contributed by atoms with E-state index in [9.17, 15) is 14.3 Å². The maximum Gasteiger partial charge on any atom is 0.340 e. The Morgan fingerprint density at radius 1 is 1.35 bits per heavy atom. The van der Waals surface area contributed by atoms with Crippen LogP contribution in [0.25, 0.3) is 0 Å². The molecular weight excluding hydrogens is 347 g/mol. The minimum absolute atomic E-state index is 0.0698. The van der Waals surface area contributed by atoms with Crippen LogP contribution in [0.1, 0.15) is 10.4 Å². The minimum Gasteiger partial charge on any atom is -0.478 e. The van der Waals surface area contributed by atoms with Gasteiger partial charge in [-0.3, -0.25) is 0 Å². The lowest BCUT2D eigenvalue weighted by atomic mass is 10.2. The Morgan fingerprint density at radius 3 is 2.70 bits per heavy atom. The van der Waals surface area contributed by atoms with E-state index >= 15 is 0 Å². The summed E-state index contributed by atoms with van der Waals surface area (Å²) in [5, 5.41) is 9.29. The maximum atomic E-state index is 13.3. The van der Waals surface area contributed by atoms with Crippen LogP contribution in [-0.4, -0.2) is 17.3 Å². The van der Waals surface area contributed by atoms with Gasteiger partial charge in [0.25, 0.3) is 0 Å². The molecule has 0 atom stereocenters. The molecule has 2 aromatic carbocycles. The summed E-state index contributed by atoms with van der Waals surface area (Å²) in [7, 11) is 0. The third kappa shape index (κ3) is 3.32. The molecule has 0 aliphatic heterocycles. The van der Waals surface area contributed by atoms with Gasteiger partial charge in [-0.2, -0.15) is 0 Å². The van der Waals surface area contributed by atoms with Crippen LogP contribution < -0.4 is 4.74 Å². The first-order valence-electron chi connectivity index (χ1n) is 5.55. The van der Waals surface area contributed by atoms with E-state index in [2.05, 4.69) is 15.9 Å². The van der Waals surface area contributed by atoms with Crippen LogP contribution in [0.4, 0.5) is 4.39 Å². The molecule has 0 aromatic heterocycles. The molecule has 0 amide bonds. The fourth-order valence-electron chi connectivity index (χ4n) is 1.69. The van der Waals surface area contributed by atoms with E-state index in [-0.39, 0.29) is 17.1 Å². The van der Waals surface area contributed by atoms with Crippen LogP contribution in [0.3, 0.4) is 0 Å². The molecular formula is C14H10BrFO3S. The van der Waals surface area contributed by atoms with E-state index in [1.54, 1.807) is 30.5 Å². The number of rotatable bonds is 4. The van der Waals surface area contributed by atoms with E-state index < -0.39 is 11.8 Å². The summed E-state index contributed by atoms with van der Waals surface area (Å²) in [6, 6.07) is 9.00. The van der Waals surface area contributed by atoms with Gasteiger partial charge in [0.15, 0.2) is 0 Å². The second-order valence-corrected chi connectivity index (χ2v) is 5.61. The van der Waals surface area contributed by atoms with Crippen LogP contribution in [0.5, 0.6) is 11.5 Å². The fraction of sp³-hybridized carbons (Fsp3) is 0.0714. The molecule has 0 fully saturated rings. The summed E-state index contributed by atoms with van der Waals surface area (Å²) in [6.45, 7) is 0. The van der Waals surface area contributed by atoms with Crippen LogP contribution in [-0.2, 0) is 0 Å². The molecule has 3 nitrogen and oxygen atoms in total. The number of halogens is 2. The van der Waals surface area contributed by atoms with E-state index in [1.165, 1.54) is 23.9 Å². The number of carbonyl (C=O) groups is 1. The predicted molar refractivity (Wildman–Crippen MR) is 79.4 cm³/mol. The molecule has 1 N–H and O–H groups in total. The molecule has 2 rings (SSSR count). The number of thioether (sulfide) groups is 1. The summed E-state index contributed by atoms with van der Waals surface area (Å²) in [6.07, 6.45) is 1.78. The standard InChI is InChI=1S/C14H10BrFO3S/c1-20-12-4-2-3-11(13(12)14(17)18)19-10-6-8(15)5-9(16)7-10/h2-7H,1H3,(H,17,18). The zero-order valence-corrected chi connectivity index (χ0v) is 12.8. The molecule has 0 spiro atoms. The lowest BCUT2D eigenvalue weighted by Gasteiger charge is -2.11. The number of carboxylic acid groups (broad SMARTS) is 1. The van der Waals surface area contributed by atoms with Crippen LogP contribution in [0.15, 0.2) is 45.8 Å². The van der Waals surface area contributed by atoms with Gasteiger partial charge in [-0.1, -0.05) is 22.0 Å². The minimum atomic E-state index is -1.08. The number of hydrogen-bond donors (Lipinski definition) is 1. The number of hydrogen-bond acceptors (Lipinski definition) is 3. The lowest BCUT2D eigenvalue weighted by molar-refractivity contribution is 0.0690. The first-order chi connectivity index (χ1) is 9.51. The Balaban J connectivity index is 2.45. The van der Waals surface area contributed by atoms with Gasteiger partial charge < -0.3 is 9.84 Å². The fourth-order valence-corrected chi connectivity index (χ4v) is 2.74. The first-order valence-corrected chi connectivity index (χ1v) is 7.57. The van der Waals surface area contributed by atoms with Crippen molar-refractivity contribution in [1.82, 2.24) is 0 Å². The Kier molecular flexibility index (Phi) is 4.67. The van der Waals surface area contributed by atoms with Crippen molar-refractivity contribution in [2.75, 3.05) is 6.26 Å². The van der Waals surface area contributed by atoms with Crippen molar-refractivity contribution in [3.05, 3.63) is 52.3 Å². The zero-order chi connectivity index (χ0) is 14.7. The van der Waals surface area contributed by atoms with Gasteiger partial charge in [0.1, 0.15) is 22.9 Å². The summed E-state index contributed by atoms with van der Waals surface area (Å²) in [4.78, 5) is 11.9. The monoisotopic (exact) mass is 356 g/mol. The van der Waals surface area contributed by atoms with E-state index in [4.69, 9.17) is 4.74 Å². The van der Waals surface area contributed by atoms with Crippen molar-refractivity contribution in [3.63, 3.8) is 0 Å². The maximum absolute atomic E-state index is 13.3. The van der Waals surface area contributed by atoms with Gasteiger partial charge in [0.2, 0.25) is 0 Å². The highest BCUT2D eigenvalue weighted by molar-refractivity contribution is 9.10. The van der Waals surface area contributed by atoms with Gasteiger partial charge in [-0.15, -0.1) is 11.8 Å². The molecule has 0 aliphatic rings. The van der Waals surface area contributed by atoms with Crippen LogP contribution >= 0.6 is 27.7 Å². The molecule has 2 aromatic rings. The quantitative estimate of drug-likeness (QED) is 0.799. The number of ether oxygens (including phenoxy) is 1. The Morgan fingerprint density at radius 2 is 2.10 bits per heavy atom. The third-order valence-electron chi connectivity index (χ3n) is 2.49. The highest BCUT2D eigenvalue weighted by atomic mass is 79.9. The second kappa shape index (κ2) is 6.28. The number of aromatic carboxylic acids is 1. The van der Waals surface area contributed by atoms with E-state index in [0.717, 1.165) is 0 Å². The molecule has 6 heteroatoms. The van der Waals surface area contributed by atoms with Gasteiger partial charge in [-0.25, -0.2) is 9.18 Å². The van der Waals surface area contributed by atoms with Gasteiger partial charge in [0, 0.05) is 15.4 Å². The number of carboxylic acids is 1. The smallest absolute Gasteiger partial charge is 0.340 e. The predicted octanol–water partition coefficient (Wildman–Crippen LogP) is 4.80. The van der Waals surface area contributed by atoms with Gasteiger partial charge >= 0.3 is 5.97 Å². The third-order valence-corrected chi connectivity index (χ3v) is 3.72. The van der Waals surface area contributed by atoms with Crippen molar-refractivity contribution in [2.45, 2.75) is 4.90 Å². The highest BCUT2D eigenvalue weighted by Crippen LogP contribution is 2.33. The van der Waals surface area contributed by atoms with E-state index in [1.807, 2.05) is 0 Å². The largest absolute Gasteiger partial charge is 0.478 e. The topological polar surface area (TPSA) is 46.5 Å². The van der Waals surface area contributed by atoms with Gasteiger partial charge in [0.05, 0.1) is 0 Å². The van der Waals surface area contributed by atoms with Crippen molar-refractivity contribution in [2.24, 2.45) is 0 Å². The van der Waals surface area contributed by atoms with Crippen molar-refractivity contribution in [3.8, 4) is 11.5 Å².